The van der Waals surface area contributed by atoms with Crippen LogP contribution in [0, 0.1) is 6.92 Å². The van der Waals surface area contributed by atoms with Gasteiger partial charge in [0.2, 0.25) is 5.91 Å². The highest BCUT2D eigenvalue weighted by Gasteiger charge is 2.39. The summed E-state index contributed by atoms with van der Waals surface area (Å²) in [6.07, 6.45) is 10.7. The van der Waals surface area contributed by atoms with Crippen LogP contribution in [0.5, 0.6) is 0 Å². The molecule has 1 amide bonds. The fourth-order valence-electron chi connectivity index (χ4n) is 6.41. The number of piperidine rings is 2. The van der Waals surface area contributed by atoms with E-state index in [4.69, 9.17) is 15.8 Å². The quantitative estimate of drug-likeness (QED) is 0.511. The lowest BCUT2D eigenvalue weighted by Gasteiger charge is -2.36. The van der Waals surface area contributed by atoms with Gasteiger partial charge in [-0.05, 0) is 58.4 Å². The zero-order chi connectivity index (χ0) is 23.9. The number of anilines is 1. The molecule has 4 aliphatic heterocycles. The normalized spacial score (nSPS) is 32.0. The highest BCUT2D eigenvalue weighted by atomic mass is 16.2. The van der Waals surface area contributed by atoms with Gasteiger partial charge in [0.25, 0.3) is 0 Å². The summed E-state index contributed by atoms with van der Waals surface area (Å²) in [6, 6.07) is 2.83. The number of rotatable bonds is 4. The minimum Gasteiger partial charge on any atom is -0.355 e. The van der Waals surface area contributed by atoms with Gasteiger partial charge in [-0.3, -0.25) is 10.2 Å². The molecule has 3 unspecified atom stereocenters. The Morgan fingerprint density at radius 3 is 2.77 bits per heavy atom. The van der Waals surface area contributed by atoms with Gasteiger partial charge in [-0.1, -0.05) is 6.42 Å². The van der Waals surface area contributed by atoms with Gasteiger partial charge in [-0.2, -0.15) is 5.10 Å². The molecule has 190 valence electrons. The van der Waals surface area contributed by atoms with E-state index in [-0.39, 0.29) is 24.0 Å². The zero-order valence-electron chi connectivity index (χ0n) is 20.7. The van der Waals surface area contributed by atoms with E-state index in [1.165, 1.54) is 19.3 Å². The van der Waals surface area contributed by atoms with Crippen molar-refractivity contribution in [1.82, 2.24) is 35.7 Å². The van der Waals surface area contributed by atoms with E-state index in [2.05, 4.69) is 45.2 Å². The van der Waals surface area contributed by atoms with E-state index < -0.39 is 0 Å². The highest BCUT2D eigenvalue weighted by molar-refractivity contribution is 5.82. The molecule has 5 atom stereocenters. The number of carbonyl (C=O) groups excluding carboxylic acids is 1. The molecular weight excluding hydrogens is 442 g/mol. The third-order valence-corrected chi connectivity index (χ3v) is 8.34. The van der Waals surface area contributed by atoms with Crippen LogP contribution >= 0.6 is 0 Å². The van der Waals surface area contributed by atoms with E-state index in [9.17, 15) is 4.79 Å². The predicted molar refractivity (Wildman–Crippen MR) is 135 cm³/mol. The minimum atomic E-state index is -0.187. The maximum atomic E-state index is 13.7. The summed E-state index contributed by atoms with van der Waals surface area (Å²) >= 11 is 0. The van der Waals surface area contributed by atoms with Crippen molar-refractivity contribution in [3.05, 3.63) is 23.5 Å². The van der Waals surface area contributed by atoms with Gasteiger partial charge in [0.15, 0.2) is 5.65 Å². The van der Waals surface area contributed by atoms with Gasteiger partial charge in [-0.25, -0.2) is 14.9 Å². The number of hydrazine groups is 1. The molecule has 2 aromatic rings. The molecule has 4 fully saturated rings. The summed E-state index contributed by atoms with van der Waals surface area (Å²) < 4.78 is 1.88. The lowest BCUT2D eigenvalue weighted by atomic mass is 9.93. The number of hydrogen-bond acceptors (Lipinski definition) is 8. The van der Waals surface area contributed by atoms with Crippen LogP contribution in [-0.4, -0.2) is 75.8 Å². The van der Waals surface area contributed by atoms with Crippen molar-refractivity contribution in [2.24, 2.45) is 5.73 Å². The standard InChI is InChI=1S/C25H39N9O/c1-16-14-34-23(28-24(16)32-11-8-17(26)15-32)13-20(31-34)22-7-3-5-10-33(22)25(35)21-12-19(29-30-21)18-6-2-4-9-27-18/h13-14,17-19,21-22,27,29-30H,2-12,15,26H2,1H3/t17-,18?,19?,21?,22-/m0/s1. The molecule has 10 nitrogen and oxygen atoms in total. The van der Waals surface area contributed by atoms with Crippen LogP contribution in [0.1, 0.15) is 68.7 Å². The smallest absolute Gasteiger partial charge is 0.241 e. The molecule has 0 bridgehead atoms. The molecule has 5 N–H and O–H groups in total. The monoisotopic (exact) mass is 481 g/mol. The summed E-state index contributed by atoms with van der Waals surface area (Å²) in [5.41, 5.74) is 15.7. The van der Waals surface area contributed by atoms with Crippen molar-refractivity contribution >= 4 is 17.4 Å². The maximum Gasteiger partial charge on any atom is 0.241 e. The molecule has 0 aromatic carbocycles. The average molecular weight is 482 g/mol. The Morgan fingerprint density at radius 2 is 1.97 bits per heavy atom. The van der Waals surface area contributed by atoms with E-state index in [0.29, 0.717) is 12.1 Å². The number of nitrogens with two attached hydrogens (primary N) is 1. The summed E-state index contributed by atoms with van der Waals surface area (Å²) in [6.45, 7) is 5.72. The van der Waals surface area contributed by atoms with Gasteiger partial charge in [0.05, 0.1) is 11.7 Å². The number of fused-ring (bicyclic) bond motifs is 1. The van der Waals surface area contributed by atoms with Crippen molar-refractivity contribution in [3.63, 3.8) is 0 Å². The number of likely N-dealkylation sites (tertiary alicyclic amines) is 1. The van der Waals surface area contributed by atoms with Crippen LogP contribution in [0.15, 0.2) is 12.3 Å². The average Bonchev–Trinajstić information content (AvgIpc) is 3.63. The number of amides is 1. The van der Waals surface area contributed by atoms with Crippen molar-refractivity contribution in [2.45, 2.75) is 88.5 Å². The first kappa shape index (κ1) is 23.1. The van der Waals surface area contributed by atoms with Gasteiger partial charge >= 0.3 is 0 Å². The van der Waals surface area contributed by atoms with Crippen molar-refractivity contribution in [1.29, 1.82) is 0 Å². The van der Waals surface area contributed by atoms with Crippen LogP contribution in [0.4, 0.5) is 5.82 Å². The Labute approximate surface area is 207 Å². The largest absolute Gasteiger partial charge is 0.355 e. The van der Waals surface area contributed by atoms with Crippen LogP contribution in [-0.2, 0) is 4.79 Å². The summed E-state index contributed by atoms with van der Waals surface area (Å²) in [4.78, 5) is 23.0. The Bertz CT molecular complexity index is 1060. The summed E-state index contributed by atoms with van der Waals surface area (Å²) in [5.74, 6) is 1.19. The number of hydrogen-bond donors (Lipinski definition) is 4. The molecule has 2 aromatic heterocycles. The molecular formula is C25H39N9O. The first-order valence-electron chi connectivity index (χ1n) is 13.5. The Morgan fingerprint density at radius 1 is 1.09 bits per heavy atom. The Balaban J connectivity index is 1.20. The van der Waals surface area contributed by atoms with Gasteiger partial charge in [0.1, 0.15) is 11.9 Å². The second kappa shape index (κ2) is 9.65. The molecule has 0 aliphatic carbocycles. The molecule has 4 aliphatic rings. The van der Waals surface area contributed by atoms with Gasteiger partial charge < -0.3 is 20.9 Å². The number of aromatic nitrogens is 3. The summed E-state index contributed by atoms with van der Waals surface area (Å²) in [7, 11) is 0. The highest BCUT2D eigenvalue weighted by Crippen LogP contribution is 2.33. The fraction of sp³-hybridized carbons (Fsp3) is 0.720. The van der Waals surface area contributed by atoms with E-state index in [1.807, 2.05) is 4.52 Å². The molecule has 0 radical (unpaired) electrons. The van der Waals surface area contributed by atoms with Crippen LogP contribution in [0.2, 0.25) is 0 Å². The molecule has 0 spiro atoms. The van der Waals surface area contributed by atoms with Gasteiger partial charge in [-0.15, -0.1) is 0 Å². The summed E-state index contributed by atoms with van der Waals surface area (Å²) in [5, 5.41) is 8.52. The number of aryl methyl sites for hydroxylation is 1. The number of nitrogens with zero attached hydrogens (tertiary/aromatic N) is 5. The molecule has 35 heavy (non-hydrogen) atoms. The van der Waals surface area contributed by atoms with E-state index in [1.54, 1.807) is 0 Å². The zero-order valence-corrected chi connectivity index (χ0v) is 20.7. The third-order valence-electron chi connectivity index (χ3n) is 8.34. The van der Waals surface area contributed by atoms with Crippen molar-refractivity contribution in [3.8, 4) is 0 Å². The Kier molecular flexibility index (Phi) is 6.38. The SMILES string of the molecule is Cc1cn2nc([C@@H]3CCCCN3C(=O)C3CC(C4CCCCN4)NN3)cc2nc1N1CC[C@H](N)C1. The molecule has 10 heteroatoms. The Hall–Kier alpha value is -2.27. The van der Waals surface area contributed by atoms with Crippen LogP contribution in [0.3, 0.4) is 0 Å². The number of carbonyl (C=O) groups is 1. The first-order valence-corrected chi connectivity index (χ1v) is 13.5. The molecule has 6 rings (SSSR count). The maximum absolute atomic E-state index is 13.7. The first-order chi connectivity index (χ1) is 17.1. The number of nitrogens with one attached hydrogen (secondary N) is 3. The lowest BCUT2D eigenvalue weighted by molar-refractivity contribution is -0.137. The van der Waals surface area contributed by atoms with Crippen molar-refractivity contribution in [2.75, 3.05) is 31.1 Å². The third kappa shape index (κ3) is 4.52. The van der Waals surface area contributed by atoms with E-state index >= 15 is 0 Å². The van der Waals surface area contributed by atoms with Crippen LogP contribution in [0.25, 0.3) is 5.65 Å². The second-order valence-corrected chi connectivity index (χ2v) is 10.9. The van der Waals surface area contributed by atoms with Crippen LogP contribution < -0.4 is 26.8 Å². The fourth-order valence-corrected chi connectivity index (χ4v) is 6.41. The van der Waals surface area contributed by atoms with Gasteiger partial charge in [0, 0.05) is 55.6 Å². The molecule has 0 saturated carbocycles. The second-order valence-electron chi connectivity index (χ2n) is 10.9. The predicted octanol–water partition coefficient (Wildman–Crippen LogP) is 1.01. The topological polar surface area (TPSA) is 116 Å². The lowest BCUT2D eigenvalue weighted by Crippen LogP contribution is -2.50. The minimum absolute atomic E-state index is 0.00410. The molecule has 4 saturated heterocycles. The van der Waals surface area contributed by atoms with E-state index in [0.717, 1.165) is 81.0 Å². The van der Waals surface area contributed by atoms with Crippen molar-refractivity contribution < 1.29 is 4.79 Å². The molecule has 6 heterocycles.